The van der Waals surface area contributed by atoms with Crippen molar-refractivity contribution in [3.8, 4) is 0 Å². The lowest BCUT2D eigenvalue weighted by Crippen LogP contribution is -2.42. The minimum absolute atomic E-state index is 0.0532. The number of halogens is 1. The largest absolute Gasteiger partial charge is 0.352 e. The van der Waals surface area contributed by atoms with Crippen LogP contribution in [-0.2, 0) is 4.79 Å². The van der Waals surface area contributed by atoms with Crippen LogP contribution in [0.15, 0.2) is 0 Å². The van der Waals surface area contributed by atoms with Crippen molar-refractivity contribution in [1.29, 1.82) is 0 Å². The quantitative estimate of drug-likeness (QED) is 0.681. The molecule has 1 amide bonds. The number of amides is 1. The summed E-state index contributed by atoms with van der Waals surface area (Å²) < 4.78 is 0. The molecule has 0 rings (SSSR count). The van der Waals surface area contributed by atoms with E-state index in [1.54, 1.807) is 0 Å². The van der Waals surface area contributed by atoms with Gasteiger partial charge in [-0.3, -0.25) is 4.79 Å². The second kappa shape index (κ2) is 7.94. The van der Waals surface area contributed by atoms with Gasteiger partial charge in [0.25, 0.3) is 0 Å². The Kier molecular flexibility index (Phi) is 7.79. The highest BCUT2D eigenvalue weighted by molar-refractivity contribution is 6.18. The van der Waals surface area contributed by atoms with Crippen molar-refractivity contribution in [2.75, 3.05) is 26.5 Å². The van der Waals surface area contributed by atoms with Crippen LogP contribution in [0.1, 0.15) is 26.7 Å². The summed E-state index contributed by atoms with van der Waals surface area (Å²) in [5, 5.41) is 3.02. The Morgan fingerprint density at radius 1 is 1.40 bits per heavy atom. The van der Waals surface area contributed by atoms with Crippen molar-refractivity contribution in [3.05, 3.63) is 0 Å². The number of carbonyl (C=O) groups excluding carboxylic acids is 1. The molecule has 0 saturated heterocycles. The number of alkyl halides is 1. The van der Waals surface area contributed by atoms with Crippen molar-refractivity contribution in [1.82, 2.24) is 10.2 Å². The van der Waals surface area contributed by atoms with Crippen LogP contribution in [0.3, 0.4) is 0 Å². The molecule has 3 nitrogen and oxygen atoms in total. The number of carbonyl (C=O) groups is 1. The van der Waals surface area contributed by atoms with Crippen molar-refractivity contribution in [2.24, 2.45) is 5.92 Å². The first-order valence-electron chi connectivity index (χ1n) is 5.45. The average molecular weight is 235 g/mol. The normalized spacial score (nSPS) is 13.3. The van der Waals surface area contributed by atoms with Crippen molar-refractivity contribution in [3.63, 3.8) is 0 Å². The molecule has 0 fully saturated rings. The molecular formula is C11H23ClN2O. The van der Waals surface area contributed by atoms with Crippen LogP contribution in [0.2, 0.25) is 0 Å². The van der Waals surface area contributed by atoms with Gasteiger partial charge in [0.15, 0.2) is 0 Å². The molecular weight excluding hydrogens is 212 g/mol. The molecule has 0 heterocycles. The molecule has 0 aliphatic heterocycles. The van der Waals surface area contributed by atoms with Crippen molar-refractivity contribution >= 4 is 17.5 Å². The van der Waals surface area contributed by atoms with Gasteiger partial charge in [0, 0.05) is 24.9 Å². The molecule has 1 atom stereocenters. The SMILES string of the molecule is CC(C)CC(CN(C)C)NC(=O)CCCl. The summed E-state index contributed by atoms with van der Waals surface area (Å²) in [6.45, 7) is 5.21. The van der Waals surface area contributed by atoms with E-state index in [1.165, 1.54) is 0 Å². The van der Waals surface area contributed by atoms with E-state index in [2.05, 4.69) is 24.1 Å². The summed E-state index contributed by atoms with van der Waals surface area (Å²) in [6, 6.07) is 0.232. The van der Waals surface area contributed by atoms with Gasteiger partial charge < -0.3 is 10.2 Å². The van der Waals surface area contributed by atoms with Gasteiger partial charge in [-0.15, -0.1) is 11.6 Å². The third-order valence-electron chi connectivity index (χ3n) is 2.03. The third-order valence-corrected chi connectivity index (χ3v) is 2.22. The predicted octanol–water partition coefficient (Wildman–Crippen LogP) is 1.71. The van der Waals surface area contributed by atoms with Gasteiger partial charge in [-0.25, -0.2) is 0 Å². The zero-order valence-corrected chi connectivity index (χ0v) is 11.0. The Balaban J connectivity index is 4.05. The van der Waals surface area contributed by atoms with E-state index in [4.69, 9.17) is 11.6 Å². The Bertz CT molecular complexity index is 173. The standard InChI is InChI=1S/C11H23ClN2O/c1-9(2)7-10(8-14(3)4)13-11(15)5-6-12/h9-10H,5-8H2,1-4H3,(H,13,15). The van der Waals surface area contributed by atoms with Crippen LogP contribution < -0.4 is 5.32 Å². The van der Waals surface area contributed by atoms with Crippen LogP contribution >= 0.6 is 11.6 Å². The summed E-state index contributed by atoms with van der Waals surface area (Å²) in [4.78, 5) is 13.5. The second-order valence-corrected chi connectivity index (χ2v) is 4.97. The Labute approximate surface area is 98.2 Å². The first-order valence-corrected chi connectivity index (χ1v) is 5.99. The fourth-order valence-electron chi connectivity index (χ4n) is 1.57. The molecule has 1 unspecified atom stereocenters. The Hall–Kier alpha value is -0.280. The van der Waals surface area contributed by atoms with Gasteiger partial charge in [0.2, 0.25) is 5.91 Å². The van der Waals surface area contributed by atoms with Gasteiger partial charge in [-0.05, 0) is 26.4 Å². The van der Waals surface area contributed by atoms with Gasteiger partial charge in [0.05, 0.1) is 0 Å². The summed E-state index contributed by atoms with van der Waals surface area (Å²) in [7, 11) is 4.03. The highest BCUT2D eigenvalue weighted by Crippen LogP contribution is 2.05. The topological polar surface area (TPSA) is 32.3 Å². The zero-order chi connectivity index (χ0) is 11.8. The van der Waals surface area contributed by atoms with Gasteiger partial charge in [-0.1, -0.05) is 13.8 Å². The second-order valence-electron chi connectivity index (χ2n) is 4.60. The van der Waals surface area contributed by atoms with Crippen molar-refractivity contribution in [2.45, 2.75) is 32.7 Å². The molecule has 15 heavy (non-hydrogen) atoms. The minimum atomic E-state index is 0.0532. The Morgan fingerprint density at radius 3 is 2.40 bits per heavy atom. The van der Waals surface area contributed by atoms with Crippen LogP contribution in [0, 0.1) is 5.92 Å². The van der Waals surface area contributed by atoms with Crippen LogP contribution in [0.25, 0.3) is 0 Å². The maximum atomic E-state index is 11.4. The lowest BCUT2D eigenvalue weighted by Gasteiger charge is -2.23. The van der Waals surface area contributed by atoms with Crippen LogP contribution in [0.4, 0.5) is 0 Å². The first-order chi connectivity index (χ1) is 6.95. The summed E-state index contributed by atoms with van der Waals surface area (Å²) in [5.41, 5.74) is 0. The molecule has 1 N–H and O–H groups in total. The number of rotatable bonds is 7. The molecule has 0 aromatic rings. The maximum absolute atomic E-state index is 11.4. The number of nitrogens with one attached hydrogen (secondary N) is 1. The summed E-state index contributed by atoms with van der Waals surface area (Å²) >= 11 is 5.52. The zero-order valence-electron chi connectivity index (χ0n) is 10.2. The number of nitrogens with zero attached hydrogens (tertiary/aromatic N) is 1. The molecule has 0 radical (unpaired) electrons. The number of likely N-dealkylation sites (N-methyl/N-ethyl adjacent to an activating group) is 1. The molecule has 0 aliphatic rings. The number of hydrogen-bond donors (Lipinski definition) is 1. The van der Waals surface area contributed by atoms with Crippen LogP contribution in [0.5, 0.6) is 0 Å². The highest BCUT2D eigenvalue weighted by Gasteiger charge is 2.14. The van der Waals surface area contributed by atoms with Gasteiger partial charge >= 0.3 is 0 Å². The van der Waals surface area contributed by atoms with E-state index in [1.807, 2.05) is 14.1 Å². The molecule has 0 bridgehead atoms. The lowest BCUT2D eigenvalue weighted by molar-refractivity contribution is -0.121. The van der Waals surface area contributed by atoms with E-state index >= 15 is 0 Å². The maximum Gasteiger partial charge on any atom is 0.221 e. The molecule has 0 saturated carbocycles. The lowest BCUT2D eigenvalue weighted by atomic mass is 10.0. The van der Waals surface area contributed by atoms with E-state index in [0.717, 1.165) is 13.0 Å². The molecule has 90 valence electrons. The summed E-state index contributed by atoms with van der Waals surface area (Å²) in [5.74, 6) is 1.03. The predicted molar refractivity (Wildman–Crippen MR) is 65.3 cm³/mol. The number of hydrogen-bond acceptors (Lipinski definition) is 2. The molecule has 0 spiro atoms. The molecule has 0 aromatic carbocycles. The smallest absolute Gasteiger partial charge is 0.221 e. The molecule has 4 heteroatoms. The summed E-state index contributed by atoms with van der Waals surface area (Å²) in [6.07, 6.45) is 1.41. The van der Waals surface area contributed by atoms with E-state index in [9.17, 15) is 4.79 Å². The van der Waals surface area contributed by atoms with Gasteiger partial charge in [-0.2, -0.15) is 0 Å². The third kappa shape index (κ3) is 8.70. The average Bonchev–Trinajstić information content (AvgIpc) is 2.00. The van der Waals surface area contributed by atoms with E-state index in [0.29, 0.717) is 18.2 Å². The fourth-order valence-corrected chi connectivity index (χ4v) is 1.75. The Morgan fingerprint density at radius 2 is 2.00 bits per heavy atom. The van der Waals surface area contributed by atoms with Crippen molar-refractivity contribution < 1.29 is 4.79 Å². The fraction of sp³-hybridized carbons (Fsp3) is 0.909. The van der Waals surface area contributed by atoms with E-state index < -0.39 is 0 Å². The van der Waals surface area contributed by atoms with Crippen LogP contribution in [-0.4, -0.2) is 43.4 Å². The molecule has 0 aromatic heterocycles. The van der Waals surface area contributed by atoms with E-state index in [-0.39, 0.29) is 11.9 Å². The minimum Gasteiger partial charge on any atom is -0.352 e. The first kappa shape index (κ1) is 14.7. The highest BCUT2D eigenvalue weighted by atomic mass is 35.5. The molecule has 0 aliphatic carbocycles. The monoisotopic (exact) mass is 234 g/mol. The van der Waals surface area contributed by atoms with Gasteiger partial charge in [0.1, 0.15) is 0 Å².